The van der Waals surface area contributed by atoms with Crippen molar-refractivity contribution in [2.24, 2.45) is 0 Å². The Balaban J connectivity index is 1.64. The number of carbonyl (C=O) groups is 1. The molecule has 0 spiro atoms. The lowest BCUT2D eigenvalue weighted by atomic mass is 9.96. The van der Waals surface area contributed by atoms with E-state index in [0.717, 1.165) is 16.5 Å². The van der Waals surface area contributed by atoms with Gasteiger partial charge in [0.1, 0.15) is 12.1 Å². The SMILES string of the molecule is CC(O)(CNC(=O)Cn1ccc2ccccc21)c1ccccc1. The fourth-order valence-electron chi connectivity index (χ4n) is 2.66. The van der Waals surface area contributed by atoms with Gasteiger partial charge in [0.05, 0.1) is 6.54 Å². The lowest BCUT2D eigenvalue weighted by Gasteiger charge is -2.24. The van der Waals surface area contributed by atoms with Crippen molar-refractivity contribution < 1.29 is 9.90 Å². The van der Waals surface area contributed by atoms with Crippen LogP contribution in [0.4, 0.5) is 0 Å². The van der Waals surface area contributed by atoms with Gasteiger partial charge >= 0.3 is 0 Å². The Bertz CT molecular complexity index is 806. The standard InChI is InChI=1S/C19H20N2O2/c1-19(23,16-8-3-2-4-9-16)14-20-18(22)13-21-12-11-15-7-5-6-10-17(15)21/h2-12,23H,13-14H2,1H3,(H,20,22). The van der Waals surface area contributed by atoms with Crippen LogP contribution in [0.1, 0.15) is 12.5 Å². The first-order chi connectivity index (χ1) is 11.1. The van der Waals surface area contributed by atoms with Gasteiger partial charge in [0, 0.05) is 11.7 Å². The average Bonchev–Trinajstić information content (AvgIpc) is 2.97. The third-order valence-corrected chi connectivity index (χ3v) is 4.02. The Hall–Kier alpha value is -2.59. The lowest BCUT2D eigenvalue weighted by Crippen LogP contribution is -2.39. The highest BCUT2D eigenvalue weighted by molar-refractivity contribution is 5.83. The van der Waals surface area contributed by atoms with Gasteiger partial charge in [-0.05, 0) is 30.0 Å². The molecular weight excluding hydrogens is 288 g/mol. The highest BCUT2D eigenvalue weighted by Crippen LogP contribution is 2.19. The topological polar surface area (TPSA) is 54.3 Å². The number of nitrogens with one attached hydrogen (secondary N) is 1. The van der Waals surface area contributed by atoms with Crippen molar-refractivity contribution in [3.8, 4) is 0 Å². The van der Waals surface area contributed by atoms with Gasteiger partial charge in [-0.25, -0.2) is 0 Å². The second-order valence-corrected chi connectivity index (χ2v) is 5.92. The lowest BCUT2D eigenvalue weighted by molar-refractivity contribution is -0.122. The van der Waals surface area contributed by atoms with Gasteiger partial charge in [-0.3, -0.25) is 4.79 Å². The van der Waals surface area contributed by atoms with E-state index in [2.05, 4.69) is 5.32 Å². The van der Waals surface area contributed by atoms with Crippen LogP contribution in [0.5, 0.6) is 0 Å². The van der Waals surface area contributed by atoms with Crippen LogP contribution < -0.4 is 5.32 Å². The monoisotopic (exact) mass is 308 g/mol. The predicted octanol–water partition coefficient (Wildman–Crippen LogP) is 2.67. The van der Waals surface area contributed by atoms with Gasteiger partial charge in [0.2, 0.25) is 5.91 Å². The van der Waals surface area contributed by atoms with Crippen molar-refractivity contribution in [2.75, 3.05) is 6.54 Å². The number of fused-ring (bicyclic) bond motifs is 1. The number of hydrogen-bond donors (Lipinski definition) is 2. The summed E-state index contributed by atoms with van der Waals surface area (Å²) in [6.07, 6.45) is 1.90. The molecule has 0 radical (unpaired) electrons. The molecule has 0 aliphatic carbocycles. The van der Waals surface area contributed by atoms with Gasteiger partial charge in [0.15, 0.2) is 0 Å². The highest BCUT2D eigenvalue weighted by Gasteiger charge is 2.23. The molecule has 2 aromatic carbocycles. The van der Waals surface area contributed by atoms with Crippen LogP contribution in [0.3, 0.4) is 0 Å². The van der Waals surface area contributed by atoms with Gasteiger partial charge in [-0.1, -0.05) is 48.5 Å². The summed E-state index contributed by atoms with van der Waals surface area (Å²) in [5.74, 6) is -0.123. The summed E-state index contributed by atoms with van der Waals surface area (Å²) < 4.78 is 1.90. The van der Waals surface area contributed by atoms with E-state index in [-0.39, 0.29) is 19.0 Å². The van der Waals surface area contributed by atoms with Gasteiger partial charge in [0.25, 0.3) is 0 Å². The zero-order valence-corrected chi connectivity index (χ0v) is 13.1. The molecule has 1 amide bonds. The first-order valence-corrected chi connectivity index (χ1v) is 7.65. The van der Waals surface area contributed by atoms with E-state index >= 15 is 0 Å². The van der Waals surface area contributed by atoms with Crippen molar-refractivity contribution in [1.82, 2.24) is 9.88 Å². The Labute approximate surface area is 135 Å². The highest BCUT2D eigenvalue weighted by atomic mass is 16.3. The largest absolute Gasteiger partial charge is 0.384 e. The molecule has 0 bridgehead atoms. The third kappa shape index (κ3) is 3.43. The molecule has 2 N–H and O–H groups in total. The maximum Gasteiger partial charge on any atom is 0.240 e. The molecule has 0 fully saturated rings. The summed E-state index contributed by atoms with van der Waals surface area (Å²) >= 11 is 0. The van der Waals surface area contributed by atoms with Gasteiger partial charge in [-0.2, -0.15) is 0 Å². The molecule has 1 aromatic heterocycles. The third-order valence-electron chi connectivity index (χ3n) is 4.02. The molecular formula is C19H20N2O2. The number of amides is 1. The van der Waals surface area contributed by atoms with Crippen LogP contribution >= 0.6 is 0 Å². The average molecular weight is 308 g/mol. The second kappa shape index (κ2) is 6.26. The Morgan fingerprint density at radius 3 is 2.57 bits per heavy atom. The summed E-state index contributed by atoms with van der Waals surface area (Å²) in [7, 11) is 0. The molecule has 0 saturated carbocycles. The zero-order valence-electron chi connectivity index (χ0n) is 13.1. The van der Waals surface area contributed by atoms with Gasteiger partial charge in [-0.15, -0.1) is 0 Å². The number of benzene rings is 2. The van der Waals surface area contributed by atoms with E-state index in [1.165, 1.54) is 0 Å². The van der Waals surface area contributed by atoms with Crippen molar-refractivity contribution in [3.05, 3.63) is 72.4 Å². The van der Waals surface area contributed by atoms with Gasteiger partial charge < -0.3 is 15.0 Å². The molecule has 0 saturated heterocycles. The summed E-state index contributed by atoms with van der Waals surface area (Å²) in [4.78, 5) is 12.2. The van der Waals surface area contributed by atoms with Crippen LogP contribution in [-0.4, -0.2) is 22.1 Å². The number of carbonyl (C=O) groups excluding carboxylic acids is 1. The van der Waals surface area contributed by atoms with Crippen LogP contribution in [-0.2, 0) is 16.9 Å². The Morgan fingerprint density at radius 1 is 1.09 bits per heavy atom. The molecule has 4 heteroatoms. The van der Waals surface area contributed by atoms with Crippen LogP contribution in [0.2, 0.25) is 0 Å². The molecule has 1 heterocycles. The van der Waals surface area contributed by atoms with E-state index < -0.39 is 5.60 Å². The molecule has 23 heavy (non-hydrogen) atoms. The molecule has 118 valence electrons. The molecule has 3 aromatic rings. The number of para-hydroxylation sites is 1. The van der Waals surface area contributed by atoms with Crippen LogP contribution in [0, 0.1) is 0 Å². The second-order valence-electron chi connectivity index (χ2n) is 5.92. The summed E-state index contributed by atoms with van der Waals surface area (Å²) in [5.41, 5.74) is 0.722. The Kier molecular flexibility index (Phi) is 4.17. The molecule has 4 nitrogen and oxygen atoms in total. The van der Waals surface area contributed by atoms with Crippen molar-refractivity contribution in [2.45, 2.75) is 19.1 Å². The zero-order chi connectivity index (χ0) is 16.3. The minimum atomic E-state index is -1.09. The minimum Gasteiger partial charge on any atom is -0.384 e. The van der Waals surface area contributed by atoms with Crippen LogP contribution in [0.15, 0.2) is 66.9 Å². The van der Waals surface area contributed by atoms with E-state index in [0.29, 0.717) is 0 Å². The molecule has 0 aliphatic rings. The number of aromatic nitrogens is 1. The summed E-state index contributed by atoms with van der Waals surface area (Å²) in [6.45, 7) is 2.11. The number of aliphatic hydroxyl groups is 1. The van der Waals surface area contributed by atoms with Crippen molar-refractivity contribution >= 4 is 16.8 Å². The smallest absolute Gasteiger partial charge is 0.240 e. The Morgan fingerprint density at radius 2 is 1.78 bits per heavy atom. The number of nitrogens with zero attached hydrogens (tertiary/aromatic N) is 1. The first-order valence-electron chi connectivity index (χ1n) is 7.65. The maximum atomic E-state index is 12.2. The molecule has 3 rings (SSSR count). The summed E-state index contributed by atoms with van der Waals surface area (Å²) in [5, 5.41) is 14.4. The molecule has 1 atom stereocenters. The fourth-order valence-corrected chi connectivity index (χ4v) is 2.66. The van der Waals surface area contributed by atoms with E-state index in [1.54, 1.807) is 6.92 Å². The number of rotatable bonds is 5. The quantitative estimate of drug-likeness (QED) is 0.761. The molecule has 1 unspecified atom stereocenters. The number of hydrogen-bond acceptors (Lipinski definition) is 2. The van der Waals surface area contributed by atoms with Crippen LogP contribution in [0.25, 0.3) is 10.9 Å². The van der Waals surface area contributed by atoms with E-state index in [4.69, 9.17) is 0 Å². The minimum absolute atomic E-state index is 0.123. The normalized spacial score (nSPS) is 13.7. The first kappa shape index (κ1) is 15.3. The van der Waals surface area contributed by atoms with Crippen molar-refractivity contribution in [3.63, 3.8) is 0 Å². The fraction of sp³-hybridized carbons (Fsp3) is 0.211. The maximum absolute atomic E-state index is 12.2. The van der Waals surface area contributed by atoms with E-state index in [1.807, 2.05) is 71.4 Å². The summed E-state index contributed by atoms with van der Waals surface area (Å²) in [6, 6.07) is 19.3. The molecule has 0 aliphatic heterocycles. The predicted molar refractivity (Wildman–Crippen MR) is 91.0 cm³/mol. The van der Waals surface area contributed by atoms with Crippen molar-refractivity contribution in [1.29, 1.82) is 0 Å². The van der Waals surface area contributed by atoms with E-state index in [9.17, 15) is 9.90 Å².